The van der Waals surface area contributed by atoms with Crippen LogP contribution in [0.2, 0.25) is 0 Å². The van der Waals surface area contributed by atoms with Gasteiger partial charge in [-0.05, 0) is 6.42 Å². The van der Waals surface area contributed by atoms with Crippen molar-refractivity contribution in [2.45, 2.75) is 18.6 Å². The Morgan fingerprint density at radius 2 is 2.31 bits per heavy atom. The van der Waals surface area contributed by atoms with Gasteiger partial charge < -0.3 is 15.4 Å². The third-order valence-electron chi connectivity index (χ3n) is 2.57. The fraction of sp³-hybridized carbons (Fsp3) is 0.500. The summed E-state index contributed by atoms with van der Waals surface area (Å²) in [6.07, 6.45) is 5.35. The highest BCUT2D eigenvalue weighted by atomic mass is 16.5. The SMILES string of the molecule is COC1CNC(C(=O)Nc2cncnc2)C1. The fourth-order valence-electron chi connectivity index (χ4n) is 1.68. The number of carbonyl (C=O) groups is 1. The molecule has 1 fully saturated rings. The van der Waals surface area contributed by atoms with E-state index >= 15 is 0 Å². The van der Waals surface area contributed by atoms with Crippen LogP contribution in [0.5, 0.6) is 0 Å². The van der Waals surface area contributed by atoms with E-state index in [1.54, 1.807) is 19.5 Å². The van der Waals surface area contributed by atoms with Crippen LogP contribution in [0.15, 0.2) is 18.7 Å². The molecule has 1 aromatic rings. The van der Waals surface area contributed by atoms with Crippen LogP contribution in [0.25, 0.3) is 0 Å². The molecule has 0 bridgehead atoms. The fourth-order valence-corrected chi connectivity index (χ4v) is 1.68. The molecule has 1 aliphatic heterocycles. The zero-order valence-corrected chi connectivity index (χ0v) is 9.01. The third kappa shape index (κ3) is 2.53. The van der Waals surface area contributed by atoms with Gasteiger partial charge in [-0.1, -0.05) is 0 Å². The zero-order valence-electron chi connectivity index (χ0n) is 9.01. The van der Waals surface area contributed by atoms with Crippen LogP contribution in [0, 0.1) is 0 Å². The Balaban J connectivity index is 1.90. The highest BCUT2D eigenvalue weighted by molar-refractivity contribution is 5.94. The monoisotopic (exact) mass is 222 g/mol. The molecule has 6 heteroatoms. The van der Waals surface area contributed by atoms with Crippen molar-refractivity contribution in [1.82, 2.24) is 15.3 Å². The number of rotatable bonds is 3. The van der Waals surface area contributed by atoms with E-state index in [1.165, 1.54) is 6.33 Å². The number of hydrogen-bond donors (Lipinski definition) is 2. The number of carbonyl (C=O) groups excluding carboxylic acids is 1. The van der Waals surface area contributed by atoms with Crippen molar-refractivity contribution in [3.8, 4) is 0 Å². The molecule has 86 valence electrons. The predicted octanol–water partition coefficient (Wildman–Crippen LogP) is -0.208. The summed E-state index contributed by atoms with van der Waals surface area (Å²) >= 11 is 0. The van der Waals surface area contributed by atoms with Gasteiger partial charge in [0.2, 0.25) is 5.91 Å². The first-order valence-corrected chi connectivity index (χ1v) is 5.11. The Kier molecular flexibility index (Phi) is 3.43. The van der Waals surface area contributed by atoms with Crippen LogP contribution < -0.4 is 10.6 Å². The first-order valence-electron chi connectivity index (χ1n) is 5.11. The second kappa shape index (κ2) is 5.00. The Bertz CT molecular complexity index is 357. The molecule has 0 saturated carbocycles. The molecule has 16 heavy (non-hydrogen) atoms. The molecule has 0 aromatic carbocycles. The van der Waals surface area contributed by atoms with Gasteiger partial charge in [-0.25, -0.2) is 9.97 Å². The number of methoxy groups -OCH3 is 1. The topological polar surface area (TPSA) is 76.1 Å². The van der Waals surface area contributed by atoms with Gasteiger partial charge in [0, 0.05) is 13.7 Å². The number of nitrogens with zero attached hydrogens (tertiary/aromatic N) is 2. The van der Waals surface area contributed by atoms with Crippen molar-refractivity contribution in [3.05, 3.63) is 18.7 Å². The van der Waals surface area contributed by atoms with Gasteiger partial charge in [-0.3, -0.25) is 4.79 Å². The number of hydrogen-bond acceptors (Lipinski definition) is 5. The van der Waals surface area contributed by atoms with Gasteiger partial charge in [0.25, 0.3) is 0 Å². The molecule has 6 nitrogen and oxygen atoms in total. The van der Waals surface area contributed by atoms with E-state index in [1.807, 2.05) is 0 Å². The Hall–Kier alpha value is -1.53. The van der Waals surface area contributed by atoms with Crippen molar-refractivity contribution < 1.29 is 9.53 Å². The summed E-state index contributed by atoms with van der Waals surface area (Å²) in [6.45, 7) is 0.708. The maximum Gasteiger partial charge on any atom is 0.241 e. The molecule has 1 amide bonds. The lowest BCUT2D eigenvalue weighted by Gasteiger charge is -2.10. The van der Waals surface area contributed by atoms with Crippen LogP contribution in [0.4, 0.5) is 5.69 Å². The van der Waals surface area contributed by atoms with Crippen LogP contribution in [0.1, 0.15) is 6.42 Å². The molecule has 2 N–H and O–H groups in total. The quantitative estimate of drug-likeness (QED) is 0.740. The van der Waals surface area contributed by atoms with Gasteiger partial charge in [0.1, 0.15) is 6.33 Å². The van der Waals surface area contributed by atoms with Crippen molar-refractivity contribution in [1.29, 1.82) is 0 Å². The lowest BCUT2D eigenvalue weighted by Crippen LogP contribution is -2.35. The number of amides is 1. The van der Waals surface area contributed by atoms with Gasteiger partial charge >= 0.3 is 0 Å². The lowest BCUT2D eigenvalue weighted by atomic mass is 10.2. The maximum atomic E-state index is 11.8. The Labute approximate surface area is 93.4 Å². The van der Waals surface area contributed by atoms with Gasteiger partial charge in [-0.2, -0.15) is 0 Å². The second-order valence-electron chi connectivity index (χ2n) is 3.67. The minimum atomic E-state index is -0.204. The molecule has 2 unspecified atom stereocenters. The smallest absolute Gasteiger partial charge is 0.241 e. The standard InChI is InChI=1S/C10H14N4O2/c1-16-8-2-9(13-5-8)10(15)14-7-3-11-6-12-4-7/h3-4,6,8-9,13H,2,5H2,1H3,(H,14,15). The summed E-state index contributed by atoms with van der Waals surface area (Å²) in [5.41, 5.74) is 0.607. The van der Waals surface area contributed by atoms with Crippen LogP contribution in [0.3, 0.4) is 0 Å². The van der Waals surface area contributed by atoms with Gasteiger partial charge in [-0.15, -0.1) is 0 Å². The summed E-state index contributed by atoms with van der Waals surface area (Å²) in [5, 5.41) is 5.85. The van der Waals surface area contributed by atoms with Crippen molar-refractivity contribution >= 4 is 11.6 Å². The van der Waals surface area contributed by atoms with Gasteiger partial charge in [0.15, 0.2) is 0 Å². The maximum absolute atomic E-state index is 11.8. The lowest BCUT2D eigenvalue weighted by molar-refractivity contribution is -0.118. The van der Waals surface area contributed by atoms with Crippen LogP contribution in [-0.2, 0) is 9.53 Å². The van der Waals surface area contributed by atoms with Crippen LogP contribution >= 0.6 is 0 Å². The zero-order chi connectivity index (χ0) is 11.4. The van der Waals surface area contributed by atoms with E-state index < -0.39 is 0 Å². The van der Waals surface area contributed by atoms with E-state index in [-0.39, 0.29) is 18.1 Å². The number of anilines is 1. The van der Waals surface area contributed by atoms with Crippen LogP contribution in [-0.4, -0.2) is 41.7 Å². The second-order valence-corrected chi connectivity index (χ2v) is 3.67. The van der Waals surface area contributed by atoms with E-state index in [9.17, 15) is 4.79 Å². The van der Waals surface area contributed by atoms with Crippen molar-refractivity contribution in [3.63, 3.8) is 0 Å². The van der Waals surface area contributed by atoms with E-state index in [0.29, 0.717) is 18.7 Å². The molecule has 1 aromatic heterocycles. The highest BCUT2D eigenvalue weighted by Gasteiger charge is 2.29. The third-order valence-corrected chi connectivity index (χ3v) is 2.57. The van der Waals surface area contributed by atoms with E-state index in [0.717, 1.165) is 0 Å². The summed E-state index contributed by atoms with van der Waals surface area (Å²) < 4.78 is 5.17. The largest absolute Gasteiger partial charge is 0.380 e. The number of ether oxygens (including phenoxy) is 1. The molecule has 0 aliphatic carbocycles. The van der Waals surface area contributed by atoms with Gasteiger partial charge in [0.05, 0.1) is 30.2 Å². The highest BCUT2D eigenvalue weighted by Crippen LogP contribution is 2.11. The van der Waals surface area contributed by atoms with Crippen molar-refractivity contribution in [2.75, 3.05) is 19.0 Å². The molecule has 2 heterocycles. The molecule has 1 aliphatic rings. The minimum Gasteiger partial charge on any atom is -0.380 e. The normalized spacial score (nSPS) is 24.3. The molecular formula is C10H14N4O2. The Morgan fingerprint density at radius 3 is 2.94 bits per heavy atom. The summed E-state index contributed by atoms with van der Waals surface area (Å²) in [6, 6.07) is -0.204. The van der Waals surface area contributed by atoms with E-state index in [2.05, 4.69) is 20.6 Å². The molecule has 0 spiro atoms. The first-order chi connectivity index (χ1) is 7.79. The summed E-state index contributed by atoms with van der Waals surface area (Å²) in [5.74, 6) is -0.0747. The average molecular weight is 222 g/mol. The molecule has 0 radical (unpaired) electrons. The molecular weight excluding hydrogens is 208 g/mol. The summed E-state index contributed by atoms with van der Waals surface area (Å²) in [4.78, 5) is 19.4. The predicted molar refractivity (Wildman–Crippen MR) is 57.9 cm³/mol. The molecule has 2 rings (SSSR count). The van der Waals surface area contributed by atoms with E-state index in [4.69, 9.17) is 4.74 Å². The first kappa shape index (κ1) is 11.0. The number of aromatic nitrogens is 2. The number of nitrogens with one attached hydrogen (secondary N) is 2. The van der Waals surface area contributed by atoms with Crippen molar-refractivity contribution in [2.24, 2.45) is 0 Å². The Morgan fingerprint density at radius 1 is 1.56 bits per heavy atom. The average Bonchev–Trinajstić information content (AvgIpc) is 2.79. The molecule has 1 saturated heterocycles. The minimum absolute atomic E-state index is 0.0747. The molecule has 2 atom stereocenters. The summed E-state index contributed by atoms with van der Waals surface area (Å²) in [7, 11) is 1.65.